The van der Waals surface area contributed by atoms with Gasteiger partial charge < -0.3 is 50.7 Å². The van der Waals surface area contributed by atoms with Crippen LogP contribution >= 0.6 is 0 Å². The van der Waals surface area contributed by atoms with Gasteiger partial charge in [0.15, 0.2) is 0 Å². The third kappa shape index (κ3) is 1230. The van der Waals surface area contributed by atoms with Gasteiger partial charge in [0, 0.05) is 0 Å². The number of rotatable bonds is 0. The molecule has 18 N–H and O–H groups in total. The first-order chi connectivity index (χ1) is 0. The van der Waals surface area contributed by atoms with E-state index in [1.165, 1.54) is 0 Å². The summed E-state index contributed by atoms with van der Waals surface area (Å²) in [5.41, 5.74) is 0. The molecule has 74 valence electrons. The van der Waals surface area contributed by atoms with Crippen LogP contribution in [0.15, 0.2) is 0 Å². The van der Waals surface area contributed by atoms with Crippen LogP contribution in [-0.2, 0) is 0 Å². The van der Waals surface area contributed by atoms with E-state index in [9.17, 15) is 0 Å². The van der Waals surface area contributed by atoms with E-state index in [1.54, 1.807) is 0 Å². The van der Waals surface area contributed by atoms with Gasteiger partial charge in [0.1, 0.15) is 0 Å². The molecule has 0 aliphatic carbocycles. The van der Waals surface area contributed by atoms with Crippen molar-refractivity contribution in [3.05, 3.63) is 0 Å². The van der Waals surface area contributed by atoms with Crippen molar-refractivity contribution < 1.29 is 80.3 Å². The molecule has 0 aliphatic rings. The zero-order chi connectivity index (χ0) is 0. The smallest absolute Gasteiger partial charge is 1.00 e. The van der Waals surface area contributed by atoms with Gasteiger partial charge in [-0.25, -0.2) is 0 Å². The Morgan fingerprint density at radius 2 is 0.300 bits per heavy atom. The zero-order valence-electron chi connectivity index (χ0n) is 6.50. The summed E-state index contributed by atoms with van der Waals surface area (Å²) in [6, 6.07) is 0. The van der Waals surface area contributed by atoms with E-state index < -0.39 is 0 Å². The molecule has 0 spiro atoms. The molecule has 0 fully saturated rings. The van der Waals surface area contributed by atoms with Gasteiger partial charge in [-0.3, -0.25) is 0 Å². The van der Waals surface area contributed by atoms with Crippen molar-refractivity contribution in [2.45, 2.75) is 0 Å². The molecule has 0 saturated heterocycles. The molecule has 0 aromatic heterocycles. The molecular weight excluding hydrogens is 167 g/mol. The average molecular weight is 186 g/mol. The van der Waals surface area contributed by atoms with Gasteiger partial charge in [-0.15, -0.1) is 0 Å². The van der Waals surface area contributed by atoms with E-state index in [0.717, 1.165) is 0 Å². The van der Waals surface area contributed by atoms with E-state index in [0.29, 0.717) is 0 Å². The molecular formula is H19NaO9. The minimum atomic E-state index is 0. The van der Waals surface area contributed by atoms with E-state index >= 15 is 0 Å². The SMILES string of the molecule is O.O.O.O.O.O.O.O.O.[H-].[Na+]. The summed E-state index contributed by atoms with van der Waals surface area (Å²) in [5.74, 6) is 0. The molecule has 0 radical (unpaired) electrons. The van der Waals surface area contributed by atoms with Crippen LogP contribution in [0.5, 0.6) is 0 Å². The zero-order valence-corrected chi connectivity index (χ0v) is 7.50. The van der Waals surface area contributed by atoms with Gasteiger partial charge in [0.2, 0.25) is 0 Å². The van der Waals surface area contributed by atoms with Crippen molar-refractivity contribution in [3.8, 4) is 0 Å². The summed E-state index contributed by atoms with van der Waals surface area (Å²) in [7, 11) is 0. The topological polar surface area (TPSA) is 284 Å². The van der Waals surface area contributed by atoms with Crippen LogP contribution in [0.4, 0.5) is 0 Å². The normalized spacial score (nSPS) is 0. The Bertz CT molecular complexity index is 9.52. The summed E-state index contributed by atoms with van der Waals surface area (Å²) in [5, 5.41) is 0. The number of hydrogen-bond donors (Lipinski definition) is 0. The van der Waals surface area contributed by atoms with Crippen molar-refractivity contribution in [2.75, 3.05) is 0 Å². The van der Waals surface area contributed by atoms with Crippen LogP contribution in [0.1, 0.15) is 1.43 Å². The van der Waals surface area contributed by atoms with Crippen LogP contribution in [-0.4, -0.2) is 49.3 Å². The van der Waals surface area contributed by atoms with Gasteiger partial charge in [0.25, 0.3) is 0 Å². The largest absolute Gasteiger partial charge is 1.00 e. The fraction of sp³-hybridized carbons (Fsp3) is 0. The molecule has 0 atom stereocenters. The van der Waals surface area contributed by atoms with Crippen LogP contribution in [0.25, 0.3) is 0 Å². The van der Waals surface area contributed by atoms with Gasteiger partial charge in [-0.05, 0) is 0 Å². The summed E-state index contributed by atoms with van der Waals surface area (Å²) < 4.78 is 0. The van der Waals surface area contributed by atoms with Crippen molar-refractivity contribution in [1.29, 1.82) is 0 Å². The fourth-order valence-corrected chi connectivity index (χ4v) is 0. The third-order valence-electron chi connectivity index (χ3n) is 0. The molecule has 0 saturated carbocycles. The Kier molecular flexibility index (Phi) is 424000. The van der Waals surface area contributed by atoms with Gasteiger partial charge in [-0.1, -0.05) is 0 Å². The minimum Gasteiger partial charge on any atom is -1.00 e. The van der Waals surface area contributed by atoms with Crippen LogP contribution in [0, 0.1) is 0 Å². The van der Waals surface area contributed by atoms with Gasteiger partial charge >= 0.3 is 29.6 Å². The van der Waals surface area contributed by atoms with Gasteiger partial charge in [0.05, 0.1) is 0 Å². The Hall–Kier alpha value is 0.640. The quantitative estimate of drug-likeness (QED) is 0.318. The Labute approximate surface area is 80.6 Å². The second kappa shape index (κ2) is 1760. The van der Waals surface area contributed by atoms with Crippen molar-refractivity contribution in [2.24, 2.45) is 0 Å². The Balaban J connectivity index is 0. The van der Waals surface area contributed by atoms with Crippen molar-refractivity contribution in [3.63, 3.8) is 0 Å². The molecule has 0 aromatic rings. The van der Waals surface area contributed by atoms with E-state index in [1.807, 2.05) is 0 Å². The molecule has 0 bridgehead atoms. The minimum absolute atomic E-state index is 0. The maximum absolute atomic E-state index is 0. The summed E-state index contributed by atoms with van der Waals surface area (Å²) >= 11 is 0. The molecule has 9 nitrogen and oxygen atoms in total. The predicted molar refractivity (Wildman–Crippen MR) is 33.6 cm³/mol. The molecule has 10 heteroatoms. The van der Waals surface area contributed by atoms with Crippen LogP contribution in [0.2, 0.25) is 0 Å². The monoisotopic (exact) mass is 186 g/mol. The summed E-state index contributed by atoms with van der Waals surface area (Å²) in [4.78, 5) is 0. The first-order valence-electron chi connectivity index (χ1n) is 0. The average Bonchev–Trinajstić information content (AvgIpc) is 0. The maximum Gasteiger partial charge on any atom is 1.00 e. The second-order valence-electron chi connectivity index (χ2n) is 0. The van der Waals surface area contributed by atoms with Gasteiger partial charge in [-0.2, -0.15) is 0 Å². The molecule has 0 aliphatic heterocycles. The fourth-order valence-electron chi connectivity index (χ4n) is 0. The van der Waals surface area contributed by atoms with Crippen molar-refractivity contribution in [1.82, 2.24) is 0 Å². The number of hydrogen-bond acceptors (Lipinski definition) is 0. The molecule has 0 heterocycles. The van der Waals surface area contributed by atoms with Crippen molar-refractivity contribution >= 4 is 0 Å². The molecule has 0 unspecified atom stereocenters. The van der Waals surface area contributed by atoms with Crippen LogP contribution in [0.3, 0.4) is 0 Å². The Morgan fingerprint density at radius 3 is 0.300 bits per heavy atom. The third-order valence-corrected chi connectivity index (χ3v) is 0. The molecule has 0 amide bonds. The van der Waals surface area contributed by atoms with E-state index in [2.05, 4.69) is 0 Å². The summed E-state index contributed by atoms with van der Waals surface area (Å²) in [6.45, 7) is 0. The van der Waals surface area contributed by atoms with Crippen LogP contribution < -0.4 is 29.6 Å². The van der Waals surface area contributed by atoms with E-state index in [-0.39, 0.29) is 80.3 Å². The Morgan fingerprint density at radius 1 is 0.300 bits per heavy atom. The predicted octanol–water partition coefficient (Wildman–Crippen LogP) is -10.3. The van der Waals surface area contributed by atoms with E-state index in [4.69, 9.17) is 0 Å². The molecule has 0 aromatic carbocycles. The molecule has 10 heavy (non-hydrogen) atoms. The second-order valence-corrected chi connectivity index (χ2v) is 0. The molecule has 0 rings (SSSR count). The maximum atomic E-state index is 0. The summed E-state index contributed by atoms with van der Waals surface area (Å²) in [6.07, 6.45) is 0. The first kappa shape index (κ1) is 2410. The standard InChI is InChI=1S/Na.9H2O.H/h;9*1H2;/q+1;;;;;;;;;;-1. The first-order valence-corrected chi connectivity index (χ1v) is 0.